The van der Waals surface area contributed by atoms with Crippen LogP contribution in [0.25, 0.3) is 0 Å². The first-order valence-electron chi connectivity index (χ1n) is 11.6. The molecule has 0 saturated heterocycles. The minimum absolute atomic E-state index is 0.0579. The van der Waals surface area contributed by atoms with E-state index in [1.165, 1.54) is 44.1 Å². The second-order valence-electron chi connectivity index (χ2n) is 9.15. The van der Waals surface area contributed by atoms with E-state index in [2.05, 4.69) is 47.8 Å². The van der Waals surface area contributed by atoms with Gasteiger partial charge in [-0.25, -0.2) is 8.78 Å². The molecule has 174 valence electrons. The monoisotopic (exact) mass is 456 g/mol. The molecule has 2 saturated carbocycles. The molecule has 2 aromatic carbocycles. The molecule has 5 heteroatoms. The summed E-state index contributed by atoms with van der Waals surface area (Å²) in [6, 6.07) is 9.84. The van der Waals surface area contributed by atoms with Gasteiger partial charge in [-0.05, 0) is 98.9 Å². The van der Waals surface area contributed by atoms with Gasteiger partial charge in [0, 0.05) is 11.1 Å². The summed E-state index contributed by atoms with van der Waals surface area (Å²) in [6.45, 7) is -1.19. The van der Waals surface area contributed by atoms with Crippen molar-refractivity contribution in [2.24, 2.45) is 17.8 Å². The minimum atomic E-state index is -3.30. The summed E-state index contributed by atoms with van der Waals surface area (Å²) >= 11 is 0. The smallest absolute Gasteiger partial charge is 0.387 e. The van der Waals surface area contributed by atoms with Gasteiger partial charge in [0.2, 0.25) is 0 Å². The van der Waals surface area contributed by atoms with Crippen LogP contribution in [0.5, 0.6) is 5.75 Å². The minimum Gasteiger partial charge on any atom is -0.429 e. The van der Waals surface area contributed by atoms with E-state index in [0.29, 0.717) is 5.92 Å². The zero-order valence-electron chi connectivity index (χ0n) is 18.7. The molecule has 33 heavy (non-hydrogen) atoms. The molecule has 0 spiro atoms. The maximum absolute atomic E-state index is 13.9. The number of hydrogen-bond acceptors (Lipinski definition) is 1. The number of benzene rings is 2. The van der Waals surface area contributed by atoms with E-state index in [0.717, 1.165) is 35.4 Å². The molecule has 4 rings (SSSR count). The Bertz CT molecular complexity index is 1020. The molecule has 4 unspecified atom stereocenters. The van der Waals surface area contributed by atoms with Gasteiger partial charge < -0.3 is 4.74 Å². The molecule has 4 atom stereocenters. The molecule has 2 aromatic rings. The summed E-state index contributed by atoms with van der Waals surface area (Å²) in [7, 11) is 0. The van der Waals surface area contributed by atoms with Crippen molar-refractivity contribution in [2.75, 3.05) is 0 Å². The van der Waals surface area contributed by atoms with Crippen LogP contribution in [-0.2, 0) is 0 Å². The van der Waals surface area contributed by atoms with Gasteiger partial charge in [0.05, 0.1) is 0 Å². The van der Waals surface area contributed by atoms with Crippen LogP contribution in [0.15, 0.2) is 48.6 Å². The molecule has 0 heterocycles. The summed E-state index contributed by atoms with van der Waals surface area (Å²) < 4.78 is 56.1. The van der Waals surface area contributed by atoms with Gasteiger partial charge in [0.25, 0.3) is 0 Å². The van der Waals surface area contributed by atoms with Gasteiger partial charge in [-0.3, -0.25) is 0 Å². The number of rotatable bonds is 4. The number of alkyl halides is 2. The molecule has 0 N–H and O–H groups in total. The molecule has 0 amide bonds. The highest BCUT2D eigenvalue weighted by molar-refractivity contribution is 5.46. The first-order chi connectivity index (χ1) is 15.9. The predicted molar refractivity (Wildman–Crippen MR) is 121 cm³/mol. The Balaban J connectivity index is 1.40. The lowest BCUT2D eigenvalue weighted by atomic mass is 9.64. The van der Waals surface area contributed by atoms with Gasteiger partial charge in [-0.2, -0.15) is 8.78 Å². The topological polar surface area (TPSA) is 9.23 Å². The van der Waals surface area contributed by atoms with Crippen LogP contribution in [0, 0.1) is 41.2 Å². The van der Waals surface area contributed by atoms with Crippen LogP contribution in [0.4, 0.5) is 17.6 Å². The van der Waals surface area contributed by atoms with E-state index in [-0.39, 0.29) is 5.56 Å². The van der Waals surface area contributed by atoms with Gasteiger partial charge >= 0.3 is 6.61 Å². The Morgan fingerprint density at radius 3 is 2.18 bits per heavy atom. The summed E-state index contributed by atoms with van der Waals surface area (Å²) in [6.07, 6.45) is 12.2. The number of allylic oxidation sites excluding steroid dienone is 2. The Labute approximate surface area is 192 Å². The van der Waals surface area contributed by atoms with E-state index in [9.17, 15) is 17.6 Å². The number of ether oxygens (including phenoxy) is 1. The zero-order chi connectivity index (χ0) is 23.4. The average Bonchev–Trinajstić information content (AvgIpc) is 2.80. The lowest BCUT2D eigenvalue weighted by molar-refractivity contribution is -0.0546. The third-order valence-electron chi connectivity index (χ3n) is 7.06. The van der Waals surface area contributed by atoms with Gasteiger partial charge in [0.15, 0.2) is 17.4 Å². The Kier molecular flexibility index (Phi) is 7.42. The Morgan fingerprint density at radius 2 is 1.52 bits per heavy atom. The third-order valence-corrected chi connectivity index (χ3v) is 7.06. The fraction of sp³-hybridized carbons (Fsp3) is 0.429. The van der Waals surface area contributed by atoms with Crippen molar-refractivity contribution in [3.63, 3.8) is 0 Å². The fourth-order valence-electron chi connectivity index (χ4n) is 5.49. The largest absolute Gasteiger partial charge is 0.429 e. The van der Waals surface area contributed by atoms with E-state index in [1.54, 1.807) is 0 Å². The SMILES string of the molecule is C/C=C/C1CCC2CC(c3ccc(C#Cc4cc(F)c(OC(F)F)c(F)c4)cc3)CCC2C1. The summed E-state index contributed by atoms with van der Waals surface area (Å²) in [4.78, 5) is 0. The van der Waals surface area contributed by atoms with Gasteiger partial charge in [-0.1, -0.05) is 36.1 Å². The highest BCUT2D eigenvalue weighted by atomic mass is 19.3. The first-order valence-corrected chi connectivity index (χ1v) is 11.6. The van der Waals surface area contributed by atoms with E-state index < -0.39 is 24.0 Å². The van der Waals surface area contributed by atoms with E-state index >= 15 is 0 Å². The molecule has 0 bridgehead atoms. The molecular weight excluding hydrogens is 428 g/mol. The van der Waals surface area contributed by atoms with Crippen molar-refractivity contribution in [1.29, 1.82) is 0 Å². The maximum Gasteiger partial charge on any atom is 0.387 e. The number of hydrogen-bond donors (Lipinski definition) is 0. The van der Waals surface area contributed by atoms with Crippen molar-refractivity contribution in [1.82, 2.24) is 0 Å². The molecule has 0 aromatic heterocycles. The van der Waals surface area contributed by atoms with Gasteiger partial charge in [-0.15, -0.1) is 0 Å². The van der Waals surface area contributed by atoms with Crippen molar-refractivity contribution in [2.45, 2.75) is 58.0 Å². The summed E-state index contributed by atoms with van der Waals surface area (Å²) in [5, 5.41) is 0. The molecular formula is C28H28F4O. The summed E-state index contributed by atoms with van der Waals surface area (Å²) in [5.41, 5.74) is 2.11. The van der Waals surface area contributed by atoms with E-state index in [1.807, 2.05) is 12.1 Å². The second-order valence-corrected chi connectivity index (χ2v) is 9.15. The maximum atomic E-state index is 13.9. The highest BCUT2D eigenvalue weighted by Gasteiger charge is 2.35. The molecule has 0 radical (unpaired) electrons. The third kappa shape index (κ3) is 5.79. The lowest BCUT2D eigenvalue weighted by Gasteiger charge is -2.41. The zero-order valence-corrected chi connectivity index (χ0v) is 18.7. The second kappa shape index (κ2) is 10.5. The van der Waals surface area contributed by atoms with Crippen LogP contribution < -0.4 is 4.74 Å². The van der Waals surface area contributed by atoms with Crippen molar-refractivity contribution in [3.05, 3.63) is 76.9 Å². The standard InChI is InChI=1S/C28H28F4O/c1-2-3-19-8-11-24-17-23(13-12-22(24)14-19)21-9-6-18(7-10-21)4-5-20-15-25(29)27(26(30)16-20)33-28(31)32/h2-3,6-7,9-10,15-16,19,22-24,28H,8,11-14,17H2,1H3/b3-2+. The Morgan fingerprint density at radius 1 is 0.879 bits per heavy atom. The molecule has 2 fully saturated rings. The lowest BCUT2D eigenvalue weighted by Crippen LogP contribution is -2.30. The van der Waals surface area contributed by atoms with Gasteiger partial charge in [0.1, 0.15) is 0 Å². The molecule has 0 aliphatic heterocycles. The number of halogens is 4. The van der Waals surface area contributed by atoms with Crippen LogP contribution in [0.2, 0.25) is 0 Å². The average molecular weight is 457 g/mol. The Hall–Kier alpha value is -2.74. The van der Waals surface area contributed by atoms with Crippen LogP contribution >= 0.6 is 0 Å². The van der Waals surface area contributed by atoms with Crippen molar-refractivity contribution < 1.29 is 22.3 Å². The van der Waals surface area contributed by atoms with Crippen molar-refractivity contribution in [3.8, 4) is 17.6 Å². The normalized spacial score (nSPS) is 24.9. The molecule has 1 nitrogen and oxygen atoms in total. The van der Waals surface area contributed by atoms with Crippen LogP contribution in [-0.4, -0.2) is 6.61 Å². The first kappa shape index (κ1) is 23.4. The summed E-state index contributed by atoms with van der Waals surface area (Å²) in [5.74, 6) is 5.06. The van der Waals surface area contributed by atoms with Crippen LogP contribution in [0.3, 0.4) is 0 Å². The molecule has 2 aliphatic carbocycles. The number of fused-ring (bicyclic) bond motifs is 1. The fourth-order valence-corrected chi connectivity index (χ4v) is 5.49. The van der Waals surface area contributed by atoms with Crippen molar-refractivity contribution >= 4 is 0 Å². The van der Waals surface area contributed by atoms with Crippen LogP contribution in [0.1, 0.15) is 68.1 Å². The highest BCUT2D eigenvalue weighted by Crippen LogP contribution is 2.47. The predicted octanol–water partition coefficient (Wildman–Crippen LogP) is 7.84. The van der Waals surface area contributed by atoms with E-state index in [4.69, 9.17) is 0 Å². The quantitative estimate of drug-likeness (QED) is 0.259. The molecule has 2 aliphatic rings.